The van der Waals surface area contributed by atoms with Crippen LogP contribution in [0.25, 0.3) is 0 Å². The fourth-order valence-electron chi connectivity index (χ4n) is 0.315. The molecular formula is C4H7NO4S. The molecule has 0 aliphatic carbocycles. The molecule has 0 heterocycles. The molecule has 0 unspecified atom stereocenters. The average molecular weight is 165 g/mol. The predicted octanol–water partition coefficient (Wildman–Crippen LogP) is 0.110. The molecule has 0 bridgehead atoms. The smallest absolute Gasteiger partial charge is 0.264 e. The monoisotopic (exact) mass is 165 g/mol. The van der Waals surface area contributed by atoms with Crippen LogP contribution in [0.1, 0.15) is 12.8 Å². The molecule has 10 heavy (non-hydrogen) atoms. The van der Waals surface area contributed by atoms with Crippen LogP contribution in [0.4, 0.5) is 0 Å². The van der Waals surface area contributed by atoms with Crippen LogP contribution in [0.2, 0.25) is 0 Å². The predicted molar refractivity (Wildman–Crippen MR) is 32.3 cm³/mol. The van der Waals surface area contributed by atoms with Gasteiger partial charge in [-0.1, -0.05) is 0 Å². The molecule has 0 aliphatic rings. The van der Waals surface area contributed by atoms with Crippen molar-refractivity contribution in [1.29, 1.82) is 5.26 Å². The molecule has 0 fully saturated rings. The van der Waals surface area contributed by atoms with Gasteiger partial charge in [0.15, 0.2) is 0 Å². The highest BCUT2D eigenvalue weighted by Gasteiger charge is 2.01. The van der Waals surface area contributed by atoms with E-state index in [9.17, 15) is 8.42 Å². The Morgan fingerprint density at radius 3 is 2.60 bits per heavy atom. The first-order valence-electron chi connectivity index (χ1n) is 2.55. The summed E-state index contributed by atoms with van der Waals surface area (Å²) in [6.45, 7) is -0.146. The second kappa shape index (κ2) is 4.22. The van der Waals surface area contributed by atoms with E-state index < -0.39 is 10.4 Å². The summed E-state index contributed by atoms with van der Waals surface area (Å²) in [6, 6.07) is 1.80. The van der Waals surface area contributed by atoms with Crippen molar-refractivity contribution in [3.63, 3.8) is 0 Å². The Morgan fingerprint density at radius 1 is 1.60 bits per heavy atom. The van der Waals surface area contributed by atoms with E-state index in [0.29, 0.717) is 6.42 Å². The van der Waals surface area contributed by atoms with Crippen molar-refractivity contribution in [2.24, 2.45) is 0 Å². The number of hydrogen-bond donors (Lipinski definition) is 1. The SMILES string of the molecule is N#CCCCOS(=O)(=O)O. The molecule has 6 heteroatoms. The molecule has 0 spiro atoms. The lowest BCUT2D eigenvalue weighted by Gasteiger charge is -1.94. The third-order valence-corrected chi connectivity index (χ3v) is 1.13. The Kier molecular flexibility index (Phi) is 3.95. The minimum absolute atomic E-state index is 0.146. The van der Waals surface area contributed by atoms with E-state index in [-0.39, 0.29) is 13.0 Å². The lowest BCUT2D eigenvalue weighted by Crippen LogP contribution is -2.04. The Morgan fingerprint density at radius 2 is 2.20 bits per heavy atom. The van der Waals surface area contributed by atoms with Crippen LogP contribution >= 0.6 is 0 Å². The summed E-state index contributed by atoms with van der Waals surface area (Å²) in [6.07, 6.45) is 0.520. The fourth-order valence-corrected chi connectivity index (χ4v) is 0.644. The minimum Gasteiger partial charge on any atom is -0.264 e. The molecule has 0 saturated carbocycles. The van der Waals surface area contributed by atoms with Crippen molar-refractivity contribution in [1.82, 2.24) is 0 Å². The van der Waals surface area contributed by atoms with Crippen LogP contribution in [-0.2, 0) is 14.6 Å². The molecule has 0 amide bonds. The van der Waals surface area contributed by atoms with E-state index in [1.165, 1.54) is 0 Å². The molecule has 5 nitrogen and oxygen atoms in total. The van der Waals surface area contributed by atoms with Gasteiger partial charge in [0.2, 0.25) is 0 Å². The first-order valence-corrected chi connectivity index (χ1v) is 3.91. The maximum absolute atomic E-state index is 9.84. The summed E-state index contributed by atoms with van der Waals surface area (Å²) in [7, 11) is -4.31. The van der Waals surface area contributed by atoms with Gasteiger partial charge in [-0.2, -0.15) is 13.7 Å². The summed E-state index contributed by atoms with van der Waals surface area (Å²) in [5.74, 6) is 0. The molecule has 0 rings (SSSR count). The highest BCUT2D eigenvalue weighted by Crippen LogP contribution is 1.91. The van der Waals surface area contributed by atoms with Crippen LogP contribution in [0.3, 0.4) is 0 Å². The third kappa shape index (κ3) is 7.36. The highest BCUT2D eigenvalue weighted by atomic mass is 32.3. The lowest BCUT2D eigenvalue weighted by atomic mass is 10.4. The van der Waals surface area contributed by atoms with Gasteiger partial charge in [0.05, 0.1) is 12.7 Å². The number of unbranched alkanes of at least 4 members (excludes halogenated alkanes) is 1. The van der Waals surface area contributed by atoms with Crippen LogP contribution in [0.5, 0.6) is 0 Å². The first-order chi connectivity index (χ1) is 4.56. The van der Waals surface area contributed by atoms with E-state index >= 15 is 0 Å². The van der Waals surface area contributed by atoms with Gasteiger partial charge in [-0.3, -0.25) is 4.55 Å². The second-order valence-corrected chi connectivity index (χ2v) is 2.60. The van der Waals surface area contributed by atoms with E-state index in [1.807, 2.05) is 0 Å². The fraction of sp³-hybridized carbons (Fsp3) is 0.750. The van der Waals surface area contributed by atoms with Gasteiger partial charge in [0, 0.05) is 6.42 Å². The zero-order chi connectivity index (χ0) is 8.04. The van der Waals surface area contributed by atoms with Crippen molar-refractivity contribution in [3.05, 3.63) is 0 Å². The molecule has 0 atom stereocenters. The Hall–Kier alpha value is -0.640. The summed E-state index contributed by atoms with van der Waals surface area (Å²) in [4.78, 5) is 0. The topological polar surface area (TPSA) is 87.4 Å². The highest BCUT2D eigenvalue weighted by molar-refractivity contribution is 7.80. The van der Waals surface area contributed by atoms with E-state index in [2.05, 4.69) is 4.18 Å². The second-order valence-electron chi connectivity index (χ2n) is 1.51. The molecule has 0 radical (unpaired) electrons. The number of nitrogens with zero attached hydrogens (tertiary/aromatic N) is 1. The normalized spacial score (nSPS) is 10.8. The minimum atomic E-state index is -4.31. The maximum Gasteiger partial charge on any atom is 0.397 e. The molecule has 1 N–H and O–H groups in total. The summed E-state index contributed by atoms with van der Waals surface area (Å²) >= 11 is 0. The van der Waals surface area contributed by atoms with Gasteiger partial charge in [0.1, 0.15) is 0 Å². The molecule has 0 aromatic heterocycles. The van der Waals surface area contributed by atoms with Crippen molar-refractivity contribution < 1.29 is 17.2 Å². The van der Waals surface area contributed by atoms with Crippen molar-refractivity contribution >= 4 is 10.4 Å². The van der Waals surface area contributed by atoms with E-state index in [0.717, 1.165) is 0 Å². The zero-order valence-corrected chi connectivity index (χ0v) is 5.97. The van der Waals surface area contributed by atoms with Gasteiger partial charge < -0.3 is 0 Å². The van der Waals surface area contributed by atoms with Crippen LogP contribution in [0, 0.1) is 11.3 Å². The van der Waals surface area contributed by atoms with Crippen LogP contribution in [-0.4, -0.2) is 19.6 Å². The van der Waals surface area contributed by atoms with Gasteiger partial charge in [0.25, 0.3) is 0 Å². The van der Waals surface area contributed by atoms with Gasteiger partial charge >= 0.3 is 10.4 Å². The number of rotatable bonds is 4. The molecule has 0 aromatic carbocycles. The Labute approximate surface area is 59.2 Å². The van der Waals surface area contributed by atoms with Gasteiger partial charge in [-0.05, 0) is 6.42 Å². The number of hydrogen-bond acceptors (Lipinski definition) is 4. The zero-order valence-electron chi connectivity index (χ0n) is 5.15. The molecule has 0 aromatic rings. The number of nitriles is 1. The molecule has 58 valence electrons. The summed E-state index contributed by atoms with van der Waals surface area (Å²) in [5, 5.41) is 7.98. The molecule has 0 saturated heterocycles. The Balaban J connectivity index is 3.32. The largest absolute Gasteiger partial charge is 0.397 e. The summed E-state index contributed by atoms with van der Waals surface area (Å²) in [5.41, 5.74) is 0. The van der Waals surface area contributed by atoms with Gasteiger partial charge in [-0.25, -0.2) is 4.18 Å². The maximum atomic E-state index is 9.84. The van der Waals surface area contributed by atoms with Gasteiger partial charge in [-0.15, -0.1) is 0 Å². The first kappa shape index (κ1) is 9.36. The standard InChI is InChI=1S/C4H7NO4S/c5-3-1-2-4-9-10(6,7)8/h1-2,4H2,(H,6,7,8). The van der Waals surface area contributed by atoms with E-state index in [4.69, 9.17) is 9.81 Å². The average Bonchev–Trinajstić information content (AvgIpc) is 1.78. The van der Waals surface area contributed by atoms with Crippen molar-refractivity contribution in [2.75, 3.05) is 6.61 Å². The van der Waals surface area contributed by atoms with E-state index in [1.54, 1.807) is 6.07 Å². The third-order valence-electron chi connectivity index (χ3n) is 0.665. The van der Waals surface area contributed by atoms with Crippen LogP contribution in [0.15, 0.2) is 0 Å². The van der Waals surface area contributed by atoms with Crippen molar-refractivity contribution in [2.45, 2.75) is 12.8 Å². The summed E-state index contributed by atoms with van der Waals surface area (Å²) < 4.78 is 31.6. The van der Waals surface area contributed by atoms with Crippen LogP contribution < -0.4 is 0 Å². The molecule has 0 aliphatic heterocycles. The Bertz CT molecular complexity index is 214. The van der Waals surface area contributed by atoms with Crippen molar-refractivity contribution in [3.8, 4) is 6.07 Å². The quantitative estimate of drug-likeness (QED) is 0.471. The molecular weight excluding hydrogens is 158 g/mol. The lowest BCUT2D eigenvalue weighted by molar-refractivity contribution is 0.266.